The van der Waals surface area contributed by atoms with Crippen LogP contribution in [-0.4, -0.2) is 36.7 Å². The highest BCUT2D eigenvalue weighted by Gasteiger charge is 2.36. The van der Waals surface area contributed by atoms with Gasteiger partial charge in [-0.05, 0) is 44.1 Å². The Kier molecular flexibility index (Phi) is 3.81. The summed E-state index contributed by atoms with van der Waals surface area (Å²) in [7, 11) is 0. The molecule has 1 aromatic rings. The number of hydrogen-bond donors (Lipinski definition) is 1. The highest BCUT2D eigenvalue weighted by molar-refractivity contribution is 5.61. The van der Waals surface area contributed by atoms with Gasteiger partial charge in [0.1, 0.15) is 11.4 Å². The molecule has 3 nitrogen and oxygen atoms in total. The molecule has 1 aromatic carbocycles. The van der Waals surface area contributed by atoms with E-state index in [9.17, 15) is 0 Å². The fraction of sp³-hybridized carbons (Fsp3) is 0.529. The number of hydrogen-bond acceptors (Lipinski definition) is 3. The number of aryl methyl sites for hydroxylation is 1. The first kappa shape index (κ1) is 13.7. The summed E-state index contributed by atoms with van der Waals surface area (Å²) in [6.45, 7) is 6.22. The van der Waals surface area contributed by atoms with Gasteiger partial charge in [0.05, 0.1) is 0 Å². The third-order valence-corrected chi connectivity index (χ3v) is 4.43. The molecule has 0 amide bonds. The molecule has 3 rings (SSSR count). The lowest BCUT2D eigenvalue weighted by Crippen LogP contribution is -2.47. The first-order chi connectivity index (χ1) is 9.71. The number of nitrogens with two attached hydrogens (primary N) is 1. The summed E-state index contributed by atoms with van der Waals surface area (Å²) >= 11 is 0. The van der Waals surface area contributed by atoms with Gasteiger partial charge < -0.3 is 15.4 Å². The number of ether oxygens (including phenoxy) is 1. The fourth-order valence-electron chi connectivity index (χ4n) is 3.10. The standard InChI is InChI=1S/C17H24N2O/c1-14-3-4-15-5-6-17(20-16(15)13-14)7-11-19(12-8-17)10-2-9-18/h3-6,13H,2,7-12,18H2,1H3. The normalized spacial score (nSPS) is 20.7. The number of rotatable bonds is 3. The third-order valence-electron chi connectivity index (χ3n) is 4.43. The first-order valence-electron chi connectivity index (χ1n) is 7.62. The van der Waals surface area contributed by atoms with Crippen molar-refractivity contribution in [3.63, 3.8) is 0 Å². The molecule has 1 saturated heterocycles. The van der Waals surface area contributed by atoms with Crippen molar-refractivity contribution >= 4 is 6.08 Å². The minimum atomic E-state index is -0.0833. The van der Waals surface area contributed by atoms with Crippen LogP contribution in [0.25, 0.3) is 6.08 Å². The topological polar surface area (TPSA) is 38.5 Å². The van der Waals surface area contributed by atoms with Crippen LogP contribution < -0.4 is 10.5 Å². The van der Waals surface area contributed by atoms with E-state index in [2.05, 4.69) is 42.2 Å². The molecule has 2 heterocycles. The highest BCUT2D eigenvalue weighted by atomic mass is 16.5. The van der Waals surface area contributed by atoms with E-state index in [4.69, 9.17) is 10.5 Å². The van der Waals surface area contributed by atoms with Crippen LogP contribution in [0.3, 0.4) is 0 Å². The van der Waals surface area contributed by atoms with E-state index in [1.54, 1.807) is 0 Å². The van der Waals surface area contributed by atoms with Crippen LogP contribution in [0.5, 0.6) is 5.75 Å². The Bertz CT molecular complexity index is 502. The number of nitrogens with zero attached hydrogens (tertiary/aromatic N) is 1. The zero-order valence-corrected chi connectivity index (χ0v) is 12.3. The summed E-state index contributed by atoms with van der Waals surface area (Å²) in [5.41, 5.74) is 7.96. The molecule has 0 radical (unpaired) electrons. The zero-order valence-electron chi connectivity index (χ0n) is 12.3. The molecule has 2 N–H and O–H groups in total. The van der Waals surface area contributed by atoms with Gasteiger partial charge >= 0.3 is 0 Å². The minimum absolute atomic E-state index is 0.0833. The maximum Gasteiger partial charge on any atom is 0.130 e. The Morgan fingerprint density at radius 1 is 1.30 bits per heavy atom. The quantitative estimate of drug-likeness (QED) is 0.919. The van der Waals surface area contributed by atoms with Crippen LogP contribution >= 0.6 is 0 Å². The van der Waals surface area contributed by atoms with Gasteiger partial charge in [-0.1, -0.05) is 18.2 Å². The van der Waals surface area contributed by atoms with E-state index in [0.29, 0.717) is 0 Å². The molecule has 1 spiro atoms. The first-order valence-corrected chi connectivity index (χ1v) is 7.62. The lowest BCUT2D eigenvalue weighted by Gasteiger charge is -2.42. The molecular weight excluding hydrogens is 248 g/mol. The molecule has 0 bridgehead atoms. The zero-order chi connectivity index (χ0) is 14.0. The van der Waals surface area contributed by atoms with Crippen molar-refractivity contribution in [1.29, 1.82) is 0 Å². The van der Waals surface area contributed by atoms with Gasteiger partial charge in [-0.25, -0.2) is 0 Å². The van der Waals surface area contributed by atoms with E-state index in [0.717, 1.165) is 51.2 Å². The predicted molar refractivity (Wildman–Crippen MR) is 82.9 cm³/mol. The summed E-state index contributed by atoms with van der Waals surface area (Å²) in [5.74, 6) is 1.04. The van der Waals surface area contributed by atoms with Gasteiger partial charge in [0.2, 0.25) is 0 Å². The largest absolute Gasteiger partial charge is 0.482 e. The van der Waals surface area contributed by atoms with Crippen LogP contribution in [0, 0.1) is 6.92 Å². The average molecular weight is 272 g/mol. The van der Waals surface area contributed by atoms with Crippen LogP contribution in [-0.2, 0) is 0 Å². The highest BCUT2D eigenvalue weighted by Crippen LogP contribution is 2.37. The number of piperidine rings is 1. The second-order valence-electron chi connectivity index (χ2n) is 6.03. The SMILES string of the molecule is Cc1ccc2c(c1)OC1(C=C2)CCN(CCCN)CC1. The molecule has 0 unspecified atom stereocenters. The molecule has 2 aliphatic heterocycles. The van der Waals surface area contributed by atoms with Crippen molar-refractivity contribution in [2.75, 3.05) is 26.2 Å². The summed E-state index contributed by atoms with van der Waals surface area (Å²) < 4.78 is 6.36. The van der Waals surface area contributed by atoms with E-state index in [1.807, 2.05) is 0 Å². The molecule has 1 fully saturated rings. The van der Waals surface area contributed by atoms with Gasteiger partial charge in [-0.15, -0.1) is 0 Å². The Morgan fingerprint density at radius 3 is 2.85 bits per heavy atom. The maximum atomic E-state index is 6.36. The molecule has 0 atom stereocenters. The van der Waals surface area contributed by atoms with Gasteiger partial charge in [-0.2, -0.15) is 0 Å². The summed E-state index contributed by atoms with van der Waals surface area (Å²) in [4.78, 5) is 2.50. The molecule has 20 heavy (non-hydrogen) atoms. The van der Waals surface area contributed by atoms with Gasteiger partial charge in [0.15, 0.2) is 0 Å². The van der Waals surface area contributed by atoms with Crippen LogP contribution in [0.1, 0.15) is 30.4 Å². The summed E-state index contributed by atoms with van der Waals surface area (Å²) in [6, 6.07) is 6.44. The van der Waals surface area contributed by atoms with Crippen LogP contribution in [0.4, 0.5) is 0 Å². The number of fused-ring (bicyclic) bond motifs is 1. The molecular formula is C17H24N2O. The monoisotopic (exact) mass is 272 g/mol. The van der Waals surface area contributed by atoms with Crippen molar-refractivity contribution in [2.45, 2.75) is 31.8 Å². The summed E-state index contributed by atoms with van der Waals surface area (Å²) in [6.07, 6.45) is 7.73. The van der Waals surface area contributed by atoms with Crippen molar-refractivity contribution in [3.05, 3.63) is 35.4 Å². The molecule has 0 saturated carbocycles. The predicted octanol–water partition coefficient (Wildman–Crippen LogP) is 2.58. The molecule has 108 valence electrons. The molecule has 2 aliphatic rings. The summed E-state index contributed by atoms with van der Waals surface area (Å²) in [5, 5.41) is 0. The Hall–Kier alpha value is -1.32. The van der Waals surface area contributed by atoms with E-state index < -0.39 is 0 Å². The minimum Gasteiger partial charge on any atom is -0.482 e. The van der Waals surface area contributed by atoms with E-state index in [1.165, 1.54) is 11.1 Å². The smallest absolute Gasteiger partial charge is 0.130 e. The molecule has 0 aromatic heterocycles. The van der Waals surface area contributed by atoms with Crippen LogP contribution in [0.15, 0.2) is 24.3 Å². The van der Waals surface area contributed by atoms with E-state index >= 15 is 0 Å². The van der Waals surface area contributed by atoms with Gasteiger partial charge in [0, 0.05) is 31.5 Å². The van der Waals surface area contributed by atoms with Gasteiger partial charge in [0.25, 0.3) is 0 Å². The fourth-order valence-corrected chi connectivity index (χ4v) is 3.10. The van der Waals surface area contributed by atoms with Crippen molar-refractivity contribution in [2.24, 2.45) is 5.73 Å². The van der Waals surface area contributed by atoms with Gasteiger partial charge in [-0.3, -0.25) is 0 Å². The lowest BCUT2D eigenvalue weighted by molar-refractivity contribution is 0.0386. The molecule has 3 heteroatoms. The van der Waals surface area contributed by atoms with E-state index in [-0.39, 0.29) is 5.60 Å². The third kappa shape index (κ3) is 2.74. The van der Waals surface area contributed by atoms with Crippen LogP contribution in [0.2, 0.25) is 0 Å². The molecule has 0 aliphatic carbocycles. The second-order valence-corrected chi connectivity index (χ2v) is 6.03. The number of benzene rings is 1. The van der Waals surface area contributed by atoms with Crippen molar-refractivity contribution < 1.29 is 4.74 Å². The average Bonchev–Trinajstić information content (AvgIpc) is 2.46. The Labute approximate surface area is 121 Å². The Balaban J connectivity index is 1.68. The van der Waals surface area contributed by atoms with Crippen molar-refractivity contribution in [3.8, 4) is 5.75 Å². The maximum absolute atomic E-state index is 6.36. The second kappa shape index (κ2) is 5.58. The number of likely N-dealkylation sites (tertiary alicyclic amines) is 1. The Morgan fingerprint density at radius 2 is 2.10 bits per heavy atom. The lowest BCUT2D eigenvalue weighted by atomic mass is 9.88. The van der Waals surface area contributed by atoms with Crippen molar-refractivity contribution in [1.82, 2.24) is 4.90 Å².